The van der Waals surface area contributed by atoms with Gasteiger partial charge in [-0.05, 0) is 37.8 Å². The molecule has 0 saturated carbocycles. The molecular formula is C14H20Cl2FeN3. The third-order valence-corrected chi connectivity index (χ3v) is 3.03. The molecule has 2 atom stereocenters. The molecule has 1 aromatic heterocycles. The molecule has 1 aromatic rings. The topological polar surface area (TPSA) is 39.4 Å². The Hall–Kier alpha value is -0.121. The van der Waals surface area contributed by atoms with E-state index in [4.69, 9.17) is 20.2 Å². The fourth-order valence-electron chi connectivity index (χ4n) is 2.26. The van der Waals surface area contributed by atoms with Gasteiger partial charge in [0.1, 0.15) is 0 Å². The molecule has 0 radical (unpaired) electrons. The molecule has 2 rings (SSSR count). The molecule has 0 spiro atoms. The number of halogens is 2. The molecule has 6 heteroatoms. The summed E-state index contributed by atoms with van der Waals surface area (Å²) < 4.78 is 0. The predicted molar refractivity (Wildman–Crippen MR) is 84.0 cm³/mol. The van der Waals surface area contributed by atoms with E-state index >= 15 is 0 Å². The van der Waals surface area contributed by atoms with Gasteiger partial charge in [-0.3, -0.25) is 0 Å². The Labute approximate surface area is 136 Å². The first-order valence-electron chi connectivity index (χ1n) is 6.59. The van der Waals surface area contributed by atoms with E-state index in [-0.39, 0.29) is 19.2 Å². The molecule has 0 aliphatic carbocycles. The van der Waals surface area contributed by atoms with E-state index in [0.29, 0.717) is 6.04 Å². The second-order valence-electron chi connectivity index (χ2n) is 4.97. The molecule has 0 bridgehead atoms. The standard InChI is InChI=1S/C14H20N3.2ClH.Fe/c1-10-7-12(3)17-14(8-10)15-9-13-6-4-5-11(2)16-13;;;/h7-9,11,13H,4-6H2,1-3H3;2*1H;/q-1;;;+3/p-2/b15-9+;;;. The summed E-state index contributed by atoms with van der Waals surface area (Å²) in [7, 11) is 9.53. The Morgan fingerprint density at radius 1 is 1.35 bits per heavy atom. The maximum absolute atomic E-state index is 4.76. The van der Waals surface area contributed by atoms with Gasteiger partial charge in [-0.15, -0.1) is 6.04 Å². The summed E-state index contributed by atoms with van der Waals surface area (Å²) in [5.41, 5.74) is 2.23. The number of aromatic nitrogens is 1. The zero-order chi connectivity index (χ0) is 15.0. The number of nitrogens with zero attached hydrogens (tertiary/aromatic N) is 3. The van der Waals surface area contributed by atoms with Crippen LogP contribution >= 0.6 is 20.2 Å². The summed E-state index contributed by atoms with van der Waals surface area (Å²) in [4.78, 5) is 8.85. The fourth-order valence-corrected chi connectivity index (χ4v) is 2.26. The van der Waals surface area contributed by atoms with Gasteiger partial charge < -0.3 is 5.32 Å². The number of hydrogen-bond donors (Lipinski definition) is 0. The van der Waals surface area contributed by atoms with Gasteiger partial charge in [0.25, 0.3) is 0 Å². The Bertz CT molecular complexity index is 420. The van der Waals surface area contributed by atoms with E-state index < -0.39 is 0 Å². The van der Waals surface area contributed by atoms with Gasteiger partial charge in [0.15, 0.2) is 5.82 Å². The van der Waals surface area contributed by atoms with Crippen LogP contribution < -0.4 is 0 Å². The third-order valence-electron chi connectivity index (χ3n) is 3.03. The molecule has 2 heterocycles. The SMILES string of the molecule is Cc1cc(C)nc(/N=C/C2CCCC(C)[N-]2)c1.[Cl][Fe+][Cl]. The molecule has 0 amide bonds. The zero-order valence-corrected chi connectivity index (χ0v) is 14.6. The van der Waals surface area contributed by atoms with Crippen LogP contribution in [0.5, 0.6) is 0 Å². The molecule has 20 heavy (non-hydrogen) atoms. The van der Waals surface area contributed by atoms with Crippen LogP contribution in [0.4, 0.5) is 5.82 Å². The van der Waals surface area contributed by atoms with Crippen LogP contribution in [-0.4, -0.2) is 23.3 Å². The van der Waals surface area contributed by atoms with Crippen molar-refractivity contribution in [3.05, 3.63) is 28.7 Å². The molecule has 1 saturated heterocycles. The van der Waals surface area contributed by atoms with Crippen molar-refractivity contribution in [3.8, 4) is 0 Å². The van der Waals surface area contributed by atoms with Crippen LogP contribution in [0.25, 0.3) is 5.32 Å². The number of aliphatic imine (C=N–C) groups is 1. The second kappa shape index (κ2) is 9.75. The minimum absolute atomic E-state index is 0.194. The van der Waals surface area contributed by atoms with Gasteiger partial charge in [0, 0.05) is 5.69 Å². The number of aryl methyl sites for hydroxylation is 2. The van der Waals surface area contributed by atoms with Gasteiger partial charge in [-0.1, -0.05) is 32.2 Å². The maximum atomic E-state index is 4.76. The summed E-state index contributed by atoms with van der Waals surface area (Å²) in [6.45, 7) is 6.24. The Morgan fingerprint density at radius 3 is 2.65 bits per heavy atom. The molecule has 1 fully saturated rings. The average molecular weight is 357 g/mol. The van der Waals surface area contributed by atoms with Crippen LogP contribution in [0.1, 0.15) is 37.4 Å². The Balaban J connectivity index is 0.000000612. The van der Waals surface area contributed by atoms with Crippen LogP contribution in [0, 0.1) is 13.8 Å². The van der Waals surface area contributed by atoms with Crippen LogP contribution in [-0.2, 0) is 13.1 Å². The number of piperidine rings is 1. The number of rotatable bonds is 2. The van der Waals surface area contributed by atoms with E-state index in [9.17, 15) is 0 Å². The first-order chi connectivity index (χ1) is 9.55. The van der Waals surface area contributed by atoms with Gasteiger partial charge in [-0.25, -0.2) is 9.98 Å². The quantitative estimate of drug-likeness (QED) is 0.537. The summed E-state index contributed by atoms with van der Waals surface area (Å²) in [6.07, 6.45) is 5.54. The van der Waals surface area contributed by atoms with Crippen molar-refractivity contribution in [1.29, 1.82) is 0 Å². The van der Waals surface area contributed by atoms with Crippen molar-refractivity contribution in [2.24, 2.45) is 4.99 Å². The Kier molecular flexibility index (Phi) is 8.74. The zero-order valence-electron chi connectivity index (χ0n) is 12.0. The molecule has 2 unspecified atom stereocenters. The van der Waals surface area contributed by atoms with E-state index in [2.05, 4.69) is 35.2 Å². The molecule has 113 valence electrons. The van der Waals surface area contributed by atoms with Crippen molar-refractivity contribution >= 4 is 32.2 Å². The van der Waals surface area contributed by atoms with Crippen molar-refractivity contribution in [3.63, 3.8) is 0 Å². The van der Waals surface area contributed by atoms with Gasteiger partial charge in [0.2, 0.25) is 0 Å². The normalized spacial score (nSPS) is 22.4. The first kappa shape index (κ1) is 17.9. The average Bonchev–Trinajstić information content (AvgIpc) is 2.36. The second-order valence-corrected chi connectivity index (χ2v) is 6.79. The molecule has 1 aliphatic heterocycles. The summed E-state index contributed by atoms with van der Waals surface area (Å²) in [6, 6.07) is 4.83. The first-order valence-corrected chi connectivity index (χ1v) is 9.63. The van der Waals surface area contributed by atoms with E-state index in [1.165, 1.54) is 18.4 Å². The number of pyridine rings is 1. The van der Waals surface area contributed by atoms with Crippen LogP contribution in [0.15, 0.2) is 17.1 Å². The van der Waals surface area contributed by atoms with Crippen molar-refractivity contribution in [1.82, 2.24) is 4.98 Å². The summed E-state index contributed by atoms with van der Waals surface area (Å²) in [5, 5.41) is 4.67. The van der Waals surface area contributed by atoms with Crippen LogP contribution in [0.2, 0.25) is 0 Å². The van der Waals surface area contributed by atoms with E-state index in [1.807, 2.05) is 19.2 Å². The minimum atomic E-state index is 0.194. The Morgan fingerprint density at radius 2 is 2.05 bits per heavy atom. The number of hydrogen-bond acceptors (Lipinski definition) is 2. The van der Waals surface area contributed by atoms with E-state index in [1.54, 1.807) is 0 Å². The van der Waals surface area contributed by atoms with Crippen molar-refractivity contribution in [2.45, 2.75) is 52.1 Å². The fraction of sp³-hybridized carbons (Fsp3) is 0.571. The predicted octanol–water partition coefficient (Wildman–Crippen LogP) is 5.09. The molecular weight excluding hydrogens is 337 g/mol. The summed E-state index contributed by atoms with van der Waals surface area (Å²) >= 11 is 0.194. The monoisotopic (exact) mass is 356 g/mol. The van der Waals surface area contributed by atoms with Gasteiger partial charge in [0.05, 0.1) is 0 Å². The van der Waals surface area contributed by atoms with Crippen LogP contribution in [0.3, 0.4) is 0 Å². The van der Waals surface area contributed by atoms with Gasteiger partial charge >= 0.3 is 33.3 Å². The molecule has 0 aromatic carbocycles. The van der Waals surface area contributed by atoms with Gasteiger partial charge in [-0.2, -0.15) is 0 Å². The molecule has 0 N–H and O–H groups in total. The van der Waals surface area contributed by atoms with Crippen molar-refractivity contribution in [2.75, 3.05) is 0 Å². The molecule has 1 aliphatic rings. The molecule has 3 nitrogen and oxygen atoms in total. The third kappa shape index (κ3) is 7.05. The van der Waals surface area contributed by atoms with Crippen molar-refractivity contribution < 1.29 is 13.1 Å². The summed E-state index contributed by atoms with van der Waals surface area (Å²) in [5.74, 6) is 0.802. The van der Waals surface area contributed by atoms with E-state index in [0.717, 1.165) is 17.9 Å².